The van der Waals surface area contributed by atoms with Gasteiger partial charge in [-0.25, -0.2) is 4.79 Å². The number of aryl methyl sites for hydroxylation is 1. The monoisotopic (exact) mass is 316 g/mol. The topological polar surface area (TPSA) is 55.9 Å². The number of nitrogens with one attached hydrogen (secondary N) is 1. The molecule has 1 N–H and O–H groups in total. The van der Waals surface area contributed by atoms with E-state index < -0.39 is 6.04 Å². The van der Waals surface area contributed by atoms with Crippen LogP contribution in [-0.4, -0.2) is 72.5 Å². The molecule has 1 aromatic carbocycles. The fourth-order valence-corrected chi connectivity index (χ4v) is 3.18. The Hall–Kier alpha value is -2.08. The molecule has 0 saturated carbocycles. The Kier molecular flexibility index (Phi) is 4.52. The number of hydrogen-bond acceptors (Lipinski definition) is 3. The van der Waals surface area contributed by atoms with Gasteiger partial charge in [-0.15, -0.1) is 0 Å². The van der Waals surface area contributed by atoms with Crippen LogP contribution in [0.1, 0.15) is 11.1 Å². The summed E-state index contributed by atoms with van der Waals surface area (Å²) in [5.74, 6) is 0.0400. The molecule has 3 amide bonds. The Morgan fingerprint density at radius 2 is 1.91 bits per heavy atom. The Balaban J connectivity index is 1.51. The fourth-order valence-electron chi connectivity index (χ4n) is 3.18. The first-order chi connectivity index (χ1) is 11.0. The van der Waals surface area contributed by atoms with E-state index in [4.69, 9.17) is 0 Å². The summed E-state index contributed by atoms with van der Waals surface area (Å²) in [7, 11) is 1.71. The number of urea groups is 1. The highest BCUT2D eigenvalue weighted by molar-refractivity contribution is 5.90. The molecule has 3 rings (SSSR count). The number of amides is 3. The molecule has 2 heterocycles. The van der Waals surface area contributed by atoms with Crippen LogP contribution in [0.4, 0.5) is 4.79 Å². The maximum Gasteiger partial charge on any atom is 0.317 e. The van der Waals surface area contributed by atoms with Gasteiger partial charge in [0.1, 0.15) is 6.04 Å². The second kappa shape index (κ2) is 6.58. The summed E-state index contributed by atoms with van der Waals surface area (Å²) in [4.78, 5) is 29.8. The highest BCUT2D eigenvalue weighted by atomic mass is 16.2. The highest BCUT2D eigenvalue weighted by Crippen LogP contribution is 2.13. The van der Waals surface area contributed by atoms with E-state index in [1.165, 1.54) is 11.1 Å². The first kappa shape index (κ1) is 15.8. The Morgan fingerprint density at radius 1 is 1.22 bits per heavy atom. The molecule has 6 heteroatoms. The second-order valence-electron chi connectivity index (χ2n) is 6.41. The van der Waals surface area contributed by atoms with E-state index in [9.17, 15) is 9.59 Å². The summed E-state index contributed by atoms with van der Waals surface area (Å²) < 4.78 is 0. The lowest BCUT2D eigenvalue weighted by Crippen LogP contribution is -2.53. The van der Waals surface area contributed by atoms with Gasteiger partial charge in [-0.1, -0.05) is 24.3 Å². The lowest BCUT2D eigenvalue weighted by atomic mass is 10.1. The molecule has 124 valence electrons. The van der Waals surface area contributed by atoms with Crippen LogP contribution in [-0.2, 0) is 11.3 Å². The minimum atomic E-state index is -0.393. The molecule has 0 aromatic heterocycles. The Labute approximate surface area is 137 Å². The van der Waals surface area contributed by atoms with Crippen LogP contribution in [0.25, 0.3) is 0 Å². The molecule has 6 nitrogen and oxygen atoms in total. The van der Waals surface area contributed by atoms with Crippen molar-refractivity contribution in [2.75, 3.05) is 39.8 Å². The molecular formula is C17H24N4O2. The van der Waals surface area contributed by atoms with E-state index in [1.54, 1.807) is 11.9 Å². The molecule has 0 unspecified atom stereocenters. The van der Waals surface area contributed by atoms with E-state index in [1.807, 2.05) is 4.90 Å². The molecule has 0 radical (unpaired) electrons. The lowest BCUT2D eigenvalue weighted by molar-refractivity contribution is -0.134. The van der Waals surface area contributed by atoms with E-state index >= 15 is 0 Å². The van der Waals surface area contributed by atoms with Crippen LogP contribution >= 0.6 is 0 Å². The molecule has 2 saturated heterocycles. The van der Waals surface area contributed by atoms with Crippen LogP contribution < -0.4 is 5.32 Å². The summed E-state index contributed by atoms with van der Waals surface area (Å²) in [6.45, 7) is 6.71. The average molecular weight is 316 g/mol. The predicted octanol–water partition coefficient (Wildman–Crippen LogP) is 0.663. The first-order valence-electron chi connectivity index (χ1n) is 8.12. The van der Waals surface area contributed by atoms with Crippen LogP contribution in [0.3, 0.4) is 0 Å². The number of hydrogen-bond donors (Lipinski definition) is 1. The quantitative estimate of drug-likeness (QED) is 0.891. The molecule has 2 aliphatic rings. The zero-order valence-corrected chi connectivity index (χ0v) is 13.8. The molecule has 1 atom stereocenters. The van der Waals surface area contributed by atoms with Crippen molar-refractivity contribution in [2.24, 2.45) is 0 Å². The van der Waals surface area contributed by atoms with Crippen molar-refractivity contribution in [3.63, 3.8) is 0 Å². The molecule has 0 spiro atoms. The minimum Gasteiger partial charge on any atom is -0.338 e. The second-order valence-corrected chi connectivity index (χ2v) is 6.41. The number of benzene rings is 1. The van der Waals surface area contributed by atoms with Crippen molar-refractivity contribution < 1.29 is 9.59 Å². The Bertz CT molecular complexity index is 596. The Morgan fingerprint density at radius 3 is 2.52 bits per heavy atom. The zero-order chi connectivity index (χ0) is 16.4. The number of rotatable bonds is 3. The van der Waals surface area contributed by atoms with Crippen molar-refractivity contribution in [2.45, 2.75) is 19.5 Å². The standard InChI is InChI=1S/C17H24N4O2/c1-13-5-3-4-6-14(13)11-20-7-9-21(10-8-20)16(22)15-12-19(2)17(23)18-15/h3-6,15H,7-12H2,1-2H3,(H,18,23)/t15-/m1/s1. The van der Waals surface area contributed by atoms with Gasteiger partial charge in [-0.05, 0) is 18.1 Å². The average Bonchev–Trinajstić information content (AvgIpc) is 2.89. The van der Waals surface area contributed by atoms with Crippen molar-refractivity contribution >= 4 is 11.9 Å². The molecule has 2 aliphatic heterocycles. The number of piperazine rings is 1. The smallest absolute Gasteiger partial charge is 0.317 e. The van der Waals surface area contributed by atoms with Crippen molar-refractivity contribution in [3.8, 4) is 0 Å². The first-order valence-corrected chi connectivity index (χ1v) is 8.12. The fraction of sp³-hybridized carbons (Fsp3) is 0.529. The van der Waals surface area contributed by atoms with Gasteiger partial charge < -0.3 is 15.1 Å². The van der Waals surface area contributed by atoms with Gasteiger partial charge in [0.2, 0.25) is 5.91 Å². The van der Waals surface area contributed by atoms with Gasteiger partial charge in [0.15, 0.2) is 0 Å². The molecule has 0 bridgehead atoms. The van der Waals surface area contributed by atoms with Gasteiger partial charge in [0.25, 0.3) is 0 Å². The number of nitrogens with zero attached hydrogens (tertiary/aromatic N) is 3. The summed E-state index contributed by atoms with van der Waals surface area (Å²) in [5.41, 5.74) is 2.65. The summed E-state index contributed by atoms with van der Waals surface area (Å²) in [6.07, 6.45) is 0. The van der Waals surface area contributed by atoms with Gasteiger partial charge in [0, 0.05) is 39.8 Å². The van der Waals surface area contributed by atoms with Crippen molar-refractivity contribution in [3.05, 3.63) is 35.4 Å². The van der Waals surface area contributed by atoms with Crippen LogP contribution in [0.2, 0.25) is 0 Å². The van der Waals surface area contributed by atoms with E-state index in [2.05, 4.69) is 41.4 Å². The molecule has 2 fully saturated rings. The van der Waals surface area contributed by atoms with E-state index in [-0.39, 0.29) is 11.9 Å². The highest BCUT2D eigenvalue weighted by Gasteiger charge is 2.34. The summed E-state index contributed by atoms with van der Waals surface area (Å²) >= 11 is 0. The molecule has 1 aromatic rings. The van der Waals surface area contributed by atoms with E-state index in [0.717, 1.165) is 32.7 Å². The summed E-state index contributed by atoms with van der Waals surface area (Å²) in [6, 6.07) is 7.87. The summed E-state index contributed by atoms with van der Waals surface area (Å²) in [5, 5.41) is 2.74. The molecule has 0 aliphatic carbocycles. The van der Waals surface area contributed by atoms with Gasteiger partial charge in [-0.2, -0.15) is 0 Å². The SMILES string of the molecule is Cc1ccccc1CN1CCN(C(=O)[C@H]2CN(C)C(=O)N2)CC1. The van der Waals surface area contributed by atoms with Gasteiger partial charge in [0.05, 0.1) is 6.54 Å². The third kappa shape index (κ3) is 3.47. The van der Waals surface area contributed by atoms with Crippen LogP contribution in [0.15, 0.2) is 24.3 Å². The van der Waals surface area contributed by atoms with E-state index in [0.29, 0.717) is 6.54 Å². The maximum atomic E-state index is 12.5. The maximum absolute atomic E-state index is 12.5. The van der Waals surface area contributed by atoms with Crippen molar-refractivity contribution in [1.82, 2.24) is 20.0 Å². The van der Waals surface area contributed by atoms with Crippen LogP contribution in [0.5, 0.6) is 0 Å². The van der Waals surface area contributed by atoms with Crippen molar-refractivity contribution in [1.29, 1.82) is 0 Å². The third-order valence-electron chi connectivity index (χ3n) is 4.74. The third-order valence-corrected chi connectivity index (χ3v) is 4.74. The minimum absolute atomic E-state index is 0.0400. The van der Waals surface area contributed by atoms with Crippen LogP contribution in [0, 0.1) is 6.92 Å². The number of carbonyl (C=O) groups is 2. The normalized spacial score (nSPS) is 22.3. The molecule has 23 heavy (non-hydrogen) atoms. The van der Waals surface area contributed by atoms with Gasteiger partial charge in [-0.3, -0.25) is 9.69 Å². The van der Waals surface area contributed by atoms with Gasteiger partial charge >= 0.3 is 6.03 Å². The zero-order valence-electron chi connectivity index (χ0n) is 13.8. The largest absolute Gasteiger partial charge is 0.338 e. The molecular weight excluding hydrogens is 292 g/mol. The predicted molar refractivity (Wildman–Crippen MR) is 88.0 cm³/mol. The lowest BCUT2D eigenvalue weighted by Gasteiger charge is -2.36. The number of carbonyl (C=O) groups excluding carboxylic acids is 2. The number of likely N-dealkylation sites (N-methyl/N-ethyl adjacent to an activating group) is 1.